The predicted octanol–water partition coefficient (Wildman–Crippen LogP) is 1.25. The maximum atomic E-state index is 12.1. The number of rotatable bonds is 6. The molecule has 2 fully saturated rings. The number of amides is 1. The largest absolute Gasteiger partial charge is 0.488 e. The summed E-state index contributed by atoms with van der Waals surface area (Å²) in [6.45, 7) is 3.07. The van der Waals surface area contributed by atoms with E-state index >= 15 is 0 Å². The van der Waals surface area contributed by atoms with Crippen molar-refractivity contribution >= 4 is 15.9 Å². The van der Waals surface area contributed by atoms with Crippen LogP contribution in [0.4, 0.5) is 0 Å². The van der Waals surface area contributed by atoms with E-state index in [1.165, 1.54) is 0 Å². The minimum Gasteiger partial charge on any atom is -0.488 e. The maximum Gasteiger partial charge on any atom is 0.238 e. The Bertz CT molecular complexity index is 681. The topological polar surface area (TPSA) is 81.7 Å². The Balaban J connectivity index is 1.64. The molecule has 1 unspecified atom stereocenters. The average Bonchev–Trinajstić information content (AvgIpc) is 3.03. The van der Waals surface area contributed by atoms with Gasteiger partial charge < -0.3 is 9.47 Å². The zero-order valence-corrected chi connectivity index (χ0v) is 13.8. The van der Waals surface area contributed by atoms with Crippen LogP contribution in [0.15, 0.2) is 24.3 Å². The zero-order valence-electron chi connectivity index (χ0n) is 13.0. The van der Waals surface area contributed by atoms with Crippen molar-refractivity contribution in [2.75, 3.05) is 13.2 Å². The SMILES string of the molecule is C[C@@H]1C[C@H]1S(=O)(=O)NC(=O)Cc1ccccc1OC1CCOC1. The molecule has 0 radical (unpaired) electrons. The molecular weight excluding hydrogens is 318 g/mol. The van der Waals surface area contributed by atoms with E-state index in [4.69, 9.17) is 9.47 Å². The lowest BCUT2D eigenvalue weighted by molar-refractivity contribution is -0.118. The number of para-hydroxylation sites is 1. The molecule has 3 rings (SSSR count). The standard InChI is InChI=1S/C16H21NO5S/c1-11-8-15(11)23(19,20)17-16(18)9-12-4-2-3-5-14(12)22-13-6-7-21-10-13/h2-5,11,13,15H,6-10H2,1H3,(H,17,18)/t11-,13?,15-/m1/s1. The van der Waals surface area contributed by atoms with Crippen LogP contribution < -0.4 is 9.46 Å². The average molecular weight is 339 g/mol. The summed E-state index contributed by atoms with van der Waals surface area (Å²) in [7, 11) is -3.55. The number of hydrogen-bond donors (Lipinski definition) is 1. The lowest BCUT2D eigenvalue weighted by Gasteiger charge is -2.15. The highest BCUT2D eigenvalue weighted by molar-refractivity contribution is 7.91. The van der Waals surface area contributed by atoms with Gasteiger partial charge in [0.1, 0.15) is 11.9 Å². The normalized spacial score (nSPS) is 26.7. The Morgan fingerprint density at radius 2 is 2.13 bits per heavy atom. The summed E-state index contributed by atoms with van der Waals surface area (Å²) >= 11 is 0. The Morgan fingerprint density at radius 1 is 1.39 bits per heavy atom. The third-order valence-corrected chi connectivity index (χ3v) is 6.16. The summed E-state index contributed by atoms with van der Waals surface area (Å²) in [5.41, 5.74) is 0.677. The van der Waals surface area contributed by atoms with Crippen LogP contribution in [0.1, 0.15) is 25.3 Å². The zero-order chi connectivity index (χ0) is 16.4. The van der Waals surface area contributed by atoms with Gasteiger partial charge >= 0.3 is 0 Å². The van der Waals surface area contributed by atoms with E-state index in [0.29, 0.717) is 30.9 Å². The Labute approximate surface area is 136 Å². The molecule has 2 aliphatic rings. The Hall–Kier alpha value is -1.60. The van der Waals surface area contributed by atoms with Crippen molar-refractivity contribution in [3.05, 3.63) is 29.8 Å². The quantitative estimate of drug-likeness (QED) is 0.843. The molecule has 3 atom stereocenters. The molecule has 1 aromatic rings. The van der Waals surface area contributed by atoms with Crippen molar-refractivity contribution in [2.45, 2.75) is 37.5 Å². The molecule has 1 amide bonds. The molecule has 1 saturated heterocycles. The third-order valence-electron chi connectivity index (χ3n) is 4.20. The maximum absolute atomic E-state index is 12.1. The molecule has 1 heterocycles. The van der Waals surface area contributed by atoms with Crippen molar-refractivity contribution in [1.29, 1.82) is 0 Å². The first-order valence-corrected chi connectivity index (χ1v) is 9.37. The first-order chi connectivity index (χ1) is 11.0. The van der Waals surface area contributed by atoms with Gasteiger partial charge in [-0.2, -0.15) is 0 Å². The van der Waals surface area contributed by atoms with E-state index in [-0.39, 0.29) is 18.4 Å². The summed E-state index contributed by atoms with van der Waals surface area (Å²) in [5.74, 6) is 0.205. The molecule has 1 N–H and O–H groups in total. The number of benzene rings is 1. The van der Waals surface area contributed by atoms with E-state index in [0.717, 1.165) is 6.42 Å². The lowest BCUT2D eigenvalue weighted by Crippen LogP contribution is -2.35. The highest BCUT2D eigenvalue weighted by Gasteiger charge is 2.44. The van der Waals surface area contributed by atoms with Crippen LogP contribution >= 0.6 is 0 Å². The fourth-order valence-electron chi connectivity index (χ4n) is 2.71. The molecule has 126 valence electrons. The van der Waals surface area contributed by atoms with Crippen molar-refractivity contribution in [1.82, 2.24) is 4.72 Å². The van der Waals surface area contributed by atoms with Crippen LogP contribution in [0.5, 0.6) is 5.75 Å². The van der Waals surface area contributed by atoms with Crippen LogP contribution in [-0.2, 0) is 26.0 Å². The molecule has 1 aliphatic carbocycles. The van der Waals surface area contributed by atoms with Crippen LogP contribution in [0.25, 0.3) is 0 Å². The number of hydrogen-bond acceptors (Lipinski definition) is 5. The second kappa shape index (κ2) is 6.49. The molecular formula is C16H21NO5S. The van der Waals surface area contributed by atoms with Gasteiger partial charge in [-0.3, -0.25) is 9.52 Å². The van der Waals surface area contributed by atoms with Gasteiger partial charge in [-0.05, 0) is 18.4 Å². The van der Waals surface area contributed by atoms with Gasteiger partial charge in [-0.15, -0.1) is 0 Å². The number of sulfonamides is 1. The Morgan fingerprint density at radius 3 is 2.78 bits per heavy atom. The van der Waals surface area contributed by atoms with Crippen LogP contribution in [0.3, 0.4) is 0 Å². The van der Waals surface area contributed by atoms with Crippen LogP contribution in [-0.4, -0.2) is 38.9 Å². The van der Waals surface area contributed by atoms with Gasteiger partial charge in [0.05, 0.1) is 24.9 Å². The number of carbonyl (C=O) groups is 1. The van der Waals surface area contributed by atoms with Gasteiger partial charge in [-0.25, -0.2) is 8.42 Å². The van der Waals surface area contributed by atoms with Crippen LogP contribution in [0.2, 0.25) is 0 Å². The van der Waals surface area contributed by atoms with Gasteiger partial charge in [0, 0.05) is 12.0 Å². The van der Waals surface area contributed by atoms with E-state index in [1.807, 2.05) is 13.0 Å². The molecule has 6 nitrogen and oxygen atoms in total. The van der Waals surface area contributed by atoms with Gasteiger partial charge in [0.2, 0.25) is 15.9 Å². The Kier molecular flexibility index (Phi) is 4.59. The molecule has 0 aromatic heterocycles. The molecule has 0 bridgehead atoms. The molecule has 7 heteroatoms. The summed E-state index contributed by atoms with van der Waals surface area (Å²) in [4.78, 5) is 12.1. The van der Waals surface area contributed by atoms with Crippen molar-refractivity contribution in [2.24, 2.45) is 5.92 Å². The molecule has 1 aliphatic heterocycles. The molecule has 1 aromatic carbocycles. The second-order valence-corrected chi connectivity index (χ2v) is 8.11. The predicted molar refractivity (Wildman–Crippen MR) is 84.6 cm³/mol. The van der Waals surface area contributed by atoms with Gasteiger partial charge in [0.25, 0.3) is 0 Å². The summed E-state index contributed by atoms with van der Waals surface area (Å²) in [5, 5.41) is -0.436. The van der Waals surface area contributed by atoms with E-state index in [9.17, 15) is 13.2 Å². The van der Waals surface area contributed by atoms with Crippen LogP contribution in [0, 0.1) is 5.92 Å². The van der Waals surface area contributed by atoms with Gasteiger partial charge in [0.15, 0.2) is 0 Å². The van der Waals surface area contributed by atoms with Crippen molar-refractivity contribution < 1.29 is 22.7 Å². The monoisotopic (exact) mass is 339 g/mol. The smallest absolute Gasteiger partial charge is 0.238 e. The van der Waals surface area contributed by atoms with Crippen molar-refractivity contribution in [3.8, 4) is 5.75 Å². The minimum atomic E-state index is -3.55. The van der Waals surface area contributed by atoms with Gasteiger partial charge in [-0.1, -0.05) is 25.1 Å². The lowest BCUT2D eigenvalue weighted by atomic mass is 10.1. The molecule has 23 heavy (non-hydrogen) atoms. The summed E-state index contributed by atoms with van der Waals surface area (Å²) in [6, 6.07) is 7.20. The molecule has 0 spiro atoms. The molecule has 1 saturated carbocycles. The first kappa shape index (κ1) is 16.3. The second-order valence-electron chi connectivity index (χ2n) is 6.21. The summed E-state index contributed by atoms with van der Waals surface area (Å²) < 4.78 is 37.3. The first-order valence-electron chi connectivity index (χ1n) is 7.82. The number of carbonyl (C=O) groups excluding carboxylic acids is 1. The highest BCUT2D eigenvalue weighted by atomic mass is 32.2. The summed E-state index contributed by atoms with van der Waals surface area (Å²) in [6.07, 6.45) is 1.39. The fourth-order valence-corrected chi connectivity index (χ4v) is 4.42. The number of ether oxygens (including phenoxy) is 2. The third kappa shape index (κ3) is 4.03. The van der Waals surface area contributed by atoms with E-state index < -0.39 is 21.2 Å². The fraction of sp³-hybridized carbons (Fsp3) is 0.562. The van der Waals surface area contributed by atoms with E-state index in [2.05, 4.69) is 4.72 Å². The highest BCUT2D eigenvalue weighted by Crippen LogP contribution is 2.35. The van der Waals surface area contributed by atoms with E-state index in [1.54, 1.807) is 18.2 Å². The van der Waals surface area contributed by atoms with Crippen molar-refractivity contribution in [3.63, 3.8) is 0 Å². The minimum absolute atomic E-state index is 0.0183. The number of nitrogens with one attached hydrogen (secondary N) is 1.